The topological polar surface area (TPSA) is 35.5 Å². The first kappa shape index (κ1) is 14.5. The molecule has 1 aromatic rings. The van der Waals surface area contributed by atoms with Gasteiger partial charge in [0.2, 0.25) is 0 Å². The van der Waals surface area contributed by atoms with Crippen molar-refractivity contribution < 1.29 is 5.11 Å². The first-order chi connectivity index (χ1) is 9.18. The number of hydrogen-bond acceptors (Lipinski definition) is 3. The number of aliphatic hydroxyl groups is 1. The van der Waals surface area contributed by atoms with Crippen LogP contribution in [0.5, 0.6) is 0 Å². The summed E-state index contributed by atoms with van der Waals surface area (Å²) in [5.41, 5.74) is 1.75. The highest BCUT2D eigenvalue weighted by Gasteiger charge is 2.31. The molecule has 0 unspecified atom stereocenters. The monoisotopic (exact) mass is 262 g/mol. The van der Waals surface area contributed by atoms with Gasteiger partial charge in [-0.2, -0.15) is 0 Å². The second-order valence-corrected chi connectivity index (χ2v) is 5.44. The predicted molar refractivity (Wildman–Crippen MR) is 79.1 cm³/mol. The van der Waals surface area contributed by atoms with Crippen molar-refractivity contribution >= 4 is 0 Å². The zero-order valence-electron chi connectivity index (χ0n) is 12.2. The lowest BCUT2D eigenvalue weighted by Gasteiger charge is -2.33. The molecular formula is C16H26N2O. The van der Waals surface area contributed by atoms with Crippen LogP contribution in [0.3, 0.4) is 0 Å². The largest absolute Gasteiger partial charge is 0.385 e. The Morgan fingerprint density at radius 1 is 1.21 bits per heavy atom. The molecule has 0 atom stereocenters. The van der Waals surface area contributed by atoms with Crippen LogP contribution in [0.1, 0.15) is 37.8 Å². The summed E-state index contributed by atoms with van der Waals surface area (Å²) in [6.45, 7) is 9.27. The summed E-state index contributed by atoms with van der Waals surface area (Å²) >= 11 is 0. The maximum Gasteiger partial charge on any atom is 0.0920 e. The van der Waals surface area contributed by atoms with E-state index in [2.05, 4.69) is 48.3 Å². The summed E-state index contributed by atoms with van der Waals surface area (Å²) in [6.07, 6.45) is 1.61. The van der Waals surface area contributed by atoms with Crippen molar-refractivity contribution in [1.29, 1.82) is 0 Å². The van der Waals surface area contributed by atoms with Gasteiger partial charge in [0.1, 0.15) is 0 Å². The molecule has 0 saturated carbocycles. The molecule has 0 spiro atoms. The number of nitrogens with zero attached hydrogens (tertiary/aromatic N) is 1. The summed E-state index contributed by atoms with van der Waals surface area (Å²) in [6, 6.07) is 8.49. The van der Waals surface area contributed by atoms with Crippen LogP contribution in [0.2, 0.25) is 0 Å². The van der Waals surface area contributed by atoms with Crippen LogP contribution >= 0.6 is 0 Å². The van der Waals surface area contributed by atoms with Crippen molar-refractivity contribution in [2.45, 2.75) is 38.8 Å². The van der Waals surface area contributed by atoms with E-state index < -0.39 is 5.60 Å². The normalized spacial score (nSPS) is 18.7. The van der Waals surface area contributed by atoms with Gasteiger partial charge in [-0.05, 0) is 50.1 Å². The van der Waals surface area contributed by atoms with Crippen molar-refractivity contribution in [2.24, 2.45) is 0 Å². The average Bonchev–Trinajstić information content (AvgIpc) is 2.46. The molecule has 19 heavy (non-hydrogen) atoms. The minimum absolute atomic E-state index is 0.634. The molecule has 2 rings (SSSR count). The summed E-state index contributed by atoms with van der Waals surface area (Å²) in [4.78, 5) is 2.39. The second-order valence-electron chi connectivity index (χ2n) is 5.44. The van der Waals surface area contributed by atoms with E-state index in [1.54, 1.807) is 0 Å². The Bertz CT molecular complexity index is 395. The van der Waals surface area contributed by atoms with Crippen molar-refractivity contribution in [3.63, 3.8) is 0 Å². The summed E-state index contributed by atoms with van der Waals surface area (Å²) in [7, 11) is 0. The third-order valence-electron chi connectivity index (χ3n) is 4.20. The third kappa shape index (κ3) is 3.56. The highest BCUT2D eigenvalue weighted by atomic mass is 16.3. The fourth-order valence-electron chi connectivity index (χ4n) is 2.79. The van der Waals surface area contributed by atoms with Gasteiger partial charge in [-0.15, -0.1) is 0 Å². The zero-order valence-corrected chi connectivity index (χ0v) is 12.2. The first-order valence-electron chi connectivity index (χ1n) is 7.43. The van der Waals surface area contributed by atoms with E-state index in [4.69, 9.17) is 0 Å². The molecule has 1 aromatic carbocycles. The van der Waals surface area contributed by atoms with Crippen molar-refractivity contribution in [2.75, 3.05) is 26.2 Å². The SMILES string of the molecule is CCN(CC)Cc1cccc(C2(O)CCNCC2)c1. The van der Waals surface area contributed by atoms with Gasteiger partial charge in [-0.3, -0.25) is 4.90 Å². The Labute approximate surface area is 116 Å². The minimum Gasteiger partial charge on any atom is -0.385 e. The van der Waals surface area contributed by atoms with Gasteiger partial charge in [0.25, 0.3) is 0 Å². The van der Waals surface area contributed by atoms with Gasteiger partial charge < -0.3 is 10.4 Å². The fraction of sp³-hybridized carbons (Fsp3) is 0.625. The summed E-state index contributed by atoms with van der Waals surface area (Å²) in [5, 5.41) is 14.1. The van der Waals surface area contributed by atoms with Gasteiger partial charge in [-0.25, -0.2) is 0 Å². The van der Waals surface area contributed by atoms with Gasteiger partial charge in [0.05, 0.1) is 5.60 Å². The highest BCUT2D eigenvalue weighted by Crippen LogP contribution is 2.30. The molecule has 0 bridgehead atoms. The molecule has 2 N–H and O–H groups in total. The van der Waals surface area contributed by atoms with E-state index in [0.29, 0.717) is 0 Å². The molecule has 1 aliphatic heterocycles. The number of hydrogen-bond donors (Lipinski definition) is 2. The first-order valence-corrected chi connectivity index (χ1v) is 7.43. The molecule has 0 aliphatic carbocycles. The number of piperidine rings is 1. The Hall–Kier alpha value is -0.900. The molecule has 3 nitrogen and oxygen atoms in total. The number of benzene rings is 1. The maximum atomic E-state index is 10.8. The van der Waals surface area contributed by atoms with Crippen LogP contribution in [0.4, 0.5) is 0 Å². The molecule has 3 heteroatoms. The van der Waals surface area contributed by atoms with Crippen LogP contribution in [0.25, 0.3) is 0 Å². The van der Waals surface area contributed by atoms with Crippen LogP contribution < -0.4 is 5.32 Å². The third-order valence-corrected chi connectivity index (χ3v) is 4.20. The van der Waals surface area contributed by atoms with Gasteiger partial charge in [0, 0.05) is 6.54 Å². The molecule has 1 fully saturated rings. The average molecular weight is 262 g/mol. The molecular weight excluding hydrogens is 236 g/mol. The Balaban J connectivity index is 2.14. The number of nitrogens with one attached hydrogen (secondary N) is 1. The predicted octanol–water partition coefficient (Wildman–Crippen LogP) is 2.10. The van der Waals surface area contributed by atoms with Gasteiger partial charge in [-0.1, -0.05) is 38.1 Å². The lowest BCUT2D eigenvalue weighted by molar-refractivity contribution is 0.00583. The lowest BCUT2D eigenvalue weighted by Crippen LogP contribution is -2.39. The Morgan fingerprint density at radius 3 is 2.53 bits per heavy atom. The smallest absolute Gasteiger partial charge is 0.0920 e. The van der Waals surface area contributed by atoms with Gasteiger partial charge >= 0.3 is 0 Å². The fourth-order valence-corrected chi connectivity index (χ4v) is 2.79. The Kier molecular flexibility index (Phi) is 4.97. The lowest BCUT2D eigenvalue weighted by atomic mass is 9.84. The zero-order chi connectivity index (χ0) is 13.7. The molecule has 1 heterocycles. The van der Waals surface area contributed by atoms with Crippen LogP contribution in [-0.2, 0) is 12.1 Å². The maximum absolute atomic E-state index is 10.8. The minimum atomic E-state index is -0.634. The quantitative estimate of drug-likeness (QED) is 0.853. The van der Waals surface area contributed by atoms with E-state index in [1.165, 1.54) is 5.56 Å². The van der Waals surface area contributed by atoms with E-state index in [1.807, 2.05) is 0 Å². The van der Waals surface area contributed by atoms with Crippen LogP contribution in [0, 0.1) is 0 Å². The molecule has 0 amide bonds. The van der Waals surface area contributed by atoms with Crippen molar-refractivity contribution in [3.8, 4) is 0 Å². The molecule has 1 aliphatic rings. The van der Waals surface area contributed by atoms with E-state index in [-0.39, 0.29) is 0 Å². The Morgan fingerprint density at radius 2 is 1.89 bits per heavy atom. The summed E-state index contributed by atoms with van der Waals surface area (Å²) < 4.78 is 0. The van der Waals surface area contributed by atoms with E-state index in [9.17, 15) is 5.11 Å². The van der Waals surface area contributed by atoms with Crippen molar-refractivity contribution in [3.05, 3.63) is 35.4 Å². The molecule has 106 valence electrons. The molecule has 0 aromatic heterocycles. The van der Waals surface area contributed by atoms with Gasteiger partial charge in [0.15, 0.2) is 0 Å². The summed E-state index contributed by atoms with van der Waals surface area (Å²) in [5.74, 6) is 0. The van der Waals surface area contributed by atoms with Crippen LogP contribution in [0.15, 0.2) is 24.3 Å². The van der Waals surface area contributed by atoms with E-state index in [0.717, 1.165) is 51.1 Å². The molecule has 1 saturated heterocycles. The second kappa shape index (κ2) is 6.51. The highest BCUT2D eigenvalue weighted by molar-refractivity contribution is 5.29. The number of rotatable bonds is 5. The molecule has 0 radical (unpaired) electrons. The van der Waals surface area contributed by atoms with E-state index >= 15 is 0 Å². The standard InChI is InChI=1S/C16H26N2O/c1-3-18(4-2)13-14-6-5-7-15(12-14)16(19)8-10-17-11-9-16/h5-7,12,17,19H,3-4,8-11,13H2,1-2H3. The van der Waals surface area contributed by atoms with Crippen molar-refractivity contribution in [1.82, 2.24) is 10.2 Å². The van der Waals surface area contributed by atoms with Crippen LogP contribution in [-0.4, -0.2) is 36.2 Å².